The Labute approximate surface area is 89.0 Å². The summed E-state index contributed by atoms with van der Waals surface area (Å²) in [5.74, 6) is -0.217. The molecule has 3 heteroatoms. The molecular formula is C12H15FO2. The molecule has 1 aliphatic heterocycles. The van der Waals surface area contributed by atoms with Crippen LogP contribution in [0.5, 0.6) is 0 Å². The smallest absolute Gasteiger partial charge is 0.123 e. The average molecular weight is 210 g/mol. The molecule has 1 fully saturated rings. The van der Waals surface area contributed by atoms with Crippen molar-refractivity contribution in [2.24, 2.45) is 0 Å². The topological polar surface area (TPSA) is 18.5 Å². The third kappa shape index (κ3) is 2.19. The molecule has 0 bridgehead atoms. The van der Waals surface area contributed by atoms with Gasteiger partial charge in [-0.15, -0.1) is 0 Å². The predicted molar refractivity (Wildman–Crippen MR) is 55.0 cm³/mol. The van der Waals surface area contributed by atoms with Gasteiger partial charge in [0.05, 0.1) is 19.3 Å². The average Bonchev–Trinajstić information content (AvgIpc) is 2.26. The summed E-state index contributed by atoms with van der Waals surface area (Å²) < 4.78 is 23.7. The second kappa shape index (κ2) is 3.91. The van der Waals surface area contributed by atoms with Crippen LogP contribution in [-0.4, -0.2) is 18.3 Å². The monoisotopic (exact) mass is 210 g/mol. The minimum atomic E-state index is -0.217. The minimum Gasteiger partial charge on any atom is -0.372 e. The van der Waals surface area contributed by atoms with E-state index in [1.165, 1.54) is 12.1 Å². The van der Waals surface area contributed by atoms with Gasteiger partial charge in [0.2, 0.25) is 0 Å². The van der Waals surface area contributed by atoms with Crippen molar-refractivity contribution < 1.29 is 13.9 Å². The van der Waals surface area contributed by atoms with Gasteiger partial charge in [-0.3, -0.25) is 0 Å². The Morgan fingerprint density at radius 3 is 2.60 bits per heavy atom. The molecular weight excluding hydrogens is 195 g/mol. The van der Waals surface area contributed by atoms with E-state index in [0.29, 0.717) is 13.2 Å². The Morgan fingerprint density at radius 2 is 2.13 bits per heavy atom. The Hall–Kier alpha value is -0.930. The van der Waals surface area contributed by atoms with E-state index in [4.69, 9.17) is 9.47 Å². The molecule has 0 amide bonds. The van der Waals surface area contributed by atoms with Gasteiger partial charge in [0, 0.05) is 0 Å². The summed E-state index contributed by atoms with van der Waals surface area (Å²) in [6.45, 7) is 5.17. The van der Waals surface area contributed by atoms with Crippen LogP contribution in [-0.2, 0) is 16.1 Å². The Bertz CT molecular complexity index is 336. The Kier molecular flexibility index (Phi) is 2.76. The fraction of sp³-hybridized carbons (Fsp3) is 0.500. The van der Waals surface area contributed by atoms with E-state index in [1.54, 1.807) is 12.1 Å². The molecule has 1 aliphatic rings. The van der Waals surface area contributed by atoms with Crippen molar-refractivity contribution in [2.75, 3.05) is 6.61 Å². The van der Waals surface area contributed by atoms with E-state index in [1.807, 2.05) is 13.8 Å². The lowest BCUT2D eigenvalue weighted by Crippen LogP contribution is -2.56. The normalized spacial score (nSPS) is 29.9. The van der Waals surface area contributed by atoms with Gasteiger partial charge in [0.25, 0.3) is 0 Å². The van der Waals surface area contributed by atoms with E-state index in [9.17, 15) is 4.39 Å². The van der Waals surface area contributed by atoms with Crippen LogP contribution in [0.4, 0.5) is 4.39 Å². The lowest BCUT2D eigenvalue weighted by molar-refractivity contribution is -0.249. The number of hydrogen-bond donors (Lipinski definition) is 0. The van der Waals surface area contributed by atoms with E-state index >= 15 is 0 Å². The van der Waals surface area contributed by atoms with E-state index in [0.717, 1.165) is 5.56 Å². The van der Waals surface area contributed by atoms with Crippen LogP contribution in [0.25, 0.3) is 0 Å². The zero-order valence-electron chi connectivity index (χ0n) is 9.00. The second-order valence-corrected chi connectivity index (χ2v) is 4.18. The van der Waals surface area contributed by atoms with Gasteiger partial charge < -0.3 is 9.47 Å². The van der Waals surface area contributed by atoms with Gasteiger partial charge in [-0.25, -0.2) is 4.39 Å². The summed E-state index contributed by atoms with van der Waals surface area (Å²) in [5.41, 5.74) is 0.797. The first kappa shape index (κ1) is 10.6. The summed E-state index contributed by atoms with van der Waals surface area (Å²) in [5, 5.41) is 0. The first-order valence-electron chi connectivity index (χ1n) is 5.10. The van der Waals surface area contributed by atoms with Crippen LogP contribution in [0, 0.1) is 5.82 Å². The van der Waals surface area contributed by atoms with Crippen molar-refractivity contribution in [3.8, 4) is 0 Å². The maximum absolute atomic E-state index is 12.6. The van der Waals surface area contributed by atoms with Gasteiger partial charge in [0.15, 0.2) is 0 Å². The summed E-state index contributed by atoms with van der Waals surface area (Å²) in [7, 11) is 0. The Balaban J connectivity index is 1.90. The molecule has 1 aromatic rings. The van der Waals surface area contributed by atoms with Gasteiger partial charge in [0.1, 0.15) is 11.4 Å². The van der Waals surface area contributed by atoms with Crippen LogP contribution in [0.15, 0.2) is 24.3 Å². The van der Waals surface area contributed by atoms with Crippen molar-refractivity contribution in [3.63, 3.8) is 0 Å². The van der Waals surface area contributed by atoms with E-state index in [2.05, 4.69) is 0 Å². The quantitative estimate of drug-likeness (QED) is 0.763. The predicted octanol–water partition coefficient (Wildman–Crippen LogP) is 2.52. The highest BCUT2D eigenvalue weighted by Gasteiger charge is 2.42. The van der Waals surface area contributed by atoms with Crippen molar-refractivity contribution in [3.05, 3.63) is 35.6 Å². The zero-order chi connectivity index (χ0) is 10.9. The molecule has 0 radical (unpaired) electrons. The van der Waals surface area contributed by atoms with Crippen molar-refractivity contribution >= 4 is 0 Å². The molecule has 2 atom stereocenters. The number of benzene rings is 1. The SMILES string of the molecule is CC1OCC1(C)OCc1ccc(F)cc1. The summed E-state index contributed by atoms with van der Waals surface area (Å²) in [4.78, 5) is 0. The van der Waals surface area contributed by atoms with Crippen LogP contribution < -0.4 is 0 Å². The number of rotatable bonds is 3. The fourth-order valence-electron chi connectivity index (χ4n) is 1.47. The molecule has 0 saturated carbocycles. The van der Waals surface area contributed by atoms with Gasteiger partial charge in [-0.2, -0.15) is 0 Å². The number of halogens is 1. The number of ether oxygens (including phenoxy) is 2. The molecule has 15 heavy (non-hydrogen) atoms. The highest BCUT2D eigenvalue weighted by atomic mass is 19.1. The summed E-state index contributed by atoms with van der Waals surface area (Å²) in [6.07, 6.45) is 0.137. The highest BCUT2D eigenvalue weighted by Crippen LogP contribution is 2.29. The molecule has 82 valence electrons. The van der Waals surface area contributed by atoms with Crippen molar-refractivity contribution in [1.82, 2.24) is 0 Å². The highest BCUT2D eigenvalue weighted by molar-refractivity contribution is 5.15. The fourth-order valence-corrected chi connectivity index (χ4v) is 1.47. The van der Waals surface area contributed by atoms with Crippen LogP contribution in [0.1, 0.15) is 19.4 Å². The van der Waals surface area contributed by atoms with Crippen LogP contribution in [0.3, 0.4) is 0 Å². The first-order valence-corrected chi connectivity index (χ1v) is 5.10. The van der Waals surface area contributed by atoms with Crippen molar-refractivity contribution in [2.45, 2.75) is 32.2 Å². The van der Waals surface area contributed by atoms with Crippen LogP contribution in [0.2, 0.25) is 0 Å². The Morgan fingerprint density at radius 1 is 1.47 bits per heavy atom. The molecule has 2 unspecified atom stereocenters. The molecule has 0 aromatic heterocycles. The maximum Gasteiger partial charge on any atom is 0.123 e. The standard InChI is InChI=1S/C12H15FO2/c1-9-12(2,8-14-9)15-7-10-3-5-11(13)6-4-10/h3-6,9H,7-8H2,1-2H3. The van der Waals surface area contributed by atoms with E-state index in [-0.39, 0.29) is 17.5 Å². The largest absolute Gasteiger partial charge is 0.372 e. The molecule has 0 aliphatic carbocycles. The van der Waals surface area contributed by atoms with Gasteiger partial charge in [-0.05, 0) is 31.5 Å². The molecule has 2 nitrogen and oxygen atoms in total. The second-order valence-electron chi connectivity index (χ2n) is 4.18. The molecule has 0 spiro atoms. The third-order valence-corrected chi connectivity index (χ3v) is 2.96. The molecule has 1 aromatic carbocycles. The molecule has 2 rings (SSSR count). The maximum atomic E-state index is 12.6. The van der Waals surface area contributed by atoms with Gasteiger partial charge >= 0.3 is 0 Å². The molecule has 1 heterocycles. The number of hydrogen-bond acceptors (Lipinski definition) is 2. The lowest BCUT2D eigenvalue weighted by Gasteiger charge is -2.44. The van der Waals surface area contributed by atoms with Crippen molar-refractivity contribution in [1.29, 1.82) is 0 Å². The first-order chi connectivity index (χ1) is 7.10. The summed E-state index contributed by atoms with van der Waals surface area (Å²) >= 11 is 0. The zero-order valence-corrected chi connectivity index (χ0v) is 9.00. The van der Waals surface area contributed by atoms with Gasteiger partial charge in [-0.1, -0.05) is 12.1 Å². The molecule has 1 saturated heterocycles. The lowest BCUT2D eigenvalue weighted by atomic mass is 9.96. The summed E-state index contributed by atoms with van der Waals surface area (Å²) in [6, 6.07) is 6.37. The van der Waals surface area contributed by atoms with Crippen LogP contribution >= 0.6 is 0 Å². The minimum absolute atomic E-state index is 0.137. The third-order valence-electron chi connectivity index (χ3n) is 2.96. The molecule has 0 N–H and O–H groups in total. The van der Waals surface area contributed by atoms with E-state index < -0.39 is 0 Å².